The number of hydrogen-bond acceptors (Lipinski definition) is 4. The monoisotopic (exact) mass is 428 g/mol. The summed E-state index contributed by atoms with van der Waals surface area (Å²) in [5.41, 5.74) is 2.21. The van der Waals surface area contributed by atoms with Gasteiger partial charge in [-0.15, -0.1) is 0 Å². The summed E-state index contributed by atoms with van der Waals surface area (Å²) < 4.78 is 59.4. The number of halogens is 4. The van der Waals surface area contributed by atoms with Crippen molar-refractivity contribution in [2.45, 2.75) is 12.7 Å². The summed E-state index contributed by atoms with van der Waals surface area (Å²) in [5, 5.41) is 0. The second kappa shape index (κ2) is 7.26. The molecule has 3 heterocycles. The van der Waals surface area contributed by atoms with E-state index in [1.54, 1.807) is 22.9 Å². The molecular formula is C22H16F4N4O. The minimum atomic E-state index is -4.38. The van der Waals surface area contributed by atoms with Crippen LogP contribution in [0.3, 0.4) is 0 Å². The lowest BCUT2D eigenvalue weighted by molar-refractivity contribution is -0.137. The highest BCUT2D eigenvalue weighted by atomic mass is 19.4. The number of nitrogens with zero attached hydrogens (tertiary/aromatic N) is 4. The van der Waals surface area contributed by atoms with Gasteiger partial charge in [-0.3, -0.25) is 4.40 Å². The van der Waals surface area contributed by atoms with Gasteiger partial charge in [0.1, 0.15) is 18.2 Å². The Hall–Kier alpha value is -3.62. The maximum absolute atomic E-state index is 13.5. The predicted octanol–water partition coefficient (Wildman–Crippen LogP) is 4.95. The topological polar surface area (TPSA) is 42.7 Å². The number of rotatable bonds is 3. The van der Waals surface area contributed by atoms with E-state index in [1.165, 1.54) is 24.3 Å². The Balaban J connectivity index is 1.46. The van der Waals surface area contributed by atoms with E-state index in [1.807, 2.05) is 6.20 Å². The molecule has 0 bridgehead atoms. The lowest BCUT2D eigenvalue weighted by Crippen LogP contribution is -2.32. The third-order valence-electron chi connectivity index (χ3n) is 5.18. The number of imidazole rings is 1. The summed E-state index contributed by atoms with van der Waals surface area (Å²) in [6.45, 7) is 1.58. The van der Waals surface area contributed by atoms with E-state index in [-0.39, 0.29) is 5.82 Å². The summed E-state index contributed by atoms with van der Waals surface area (Å²) >= 11 is 0. The van der Waals surface area contributed by atoms with E-state index in [0.717, 1.165) is 23.4 Å². The van der Waals surface area contributed by atoms with E-state index in [4.69, 9.17) is 4.74 Å². The fourth-order valence-corrected chi connectivity index (χ4v) is 3.67. The quantitative estimate of drug-likeness (QED) is 0.433. The van der Waals surface area contributed by atoms with Crippen molar-refractivity contribution < 1.29 is 22.3 Å². The van der Waals surface area contributed by atoms with E-state index in [0.29, 0.717) is 42.5 Å². The molecule has 0 aliphatic carbocycles. The molecule has 0 spiro atoms. The van der Waals surface area contributed by atoms with Crippen LogP contribution in [0.1, 0.15) is 11.1 Å². The van der Waals surface area contributed by atoms with Crippen LogP contribution in [0.5, 0.6) is 5.75 Å². The van der Waals surface area contributed by atoms with E-state index in [2.05, 4.69) is 14.9 Å². The largest absolute Gasteiger partial charge is 0.489 e. The summed E-state index contributed by atoms with van der Waals surface area (Å²) in [5.74, 6) is 0.583. The number of ether oxygens (including phenoxy) is 1. The van der Waals surface area contributed by atoms with Crippen molar-refractivity contribution in [3.8, 4) is 17.0 Å². The molecule has 31 heavy (non-hydrogen) atoms. The van der Waals surface area contributed by atoms with Gasteiger partial charge in [-0.2, -0.15) is 13.2 Å². The summed E-state index contributed by atoms with van der Waals surface area (Å²) in [6, 6.07) is 9.38. The molecule has 0 amide bonds. The molecule has 2 aromatic heterocycles. The molecule has 0 fully saturated rings. The van der Waals surface area contributed by atoms with Gasteiger partial charge in [0.05, 0.1) is 29.7 Å². The van der Waals surface area contributed by atoms with Crippen molar-refractivity contribution in [2.75, 3.05) is 18.1 Å². The highest BCUT2D eigenvalue weighted by molar-refractivity contribution is 5.63. The van der Waals surface area contributed by atoms with E-state index < -0.39 is 11.7 Å². The summed E-state index contributed by atoms with van der Waals surface area (Å²) in [7, 11) is 0. The van der Waals surface area contributed by atoms with Gasteiger partial charge in [0.2, 0.25) is 5.78 Å². The molecule has 0 atom stereocenters. The Kier molecular flexibility index (Phi) is 4.53. The first-order valence-corrected chi connectivity index (χ1v) is 9.55. The molecule has 9 heteroatoms. The average molecular weight is 428 g/mol. The first-order chi connectivity index (χ1) is 14.9. The van der Waals surface area contributed by atoms with Crippen LogP contribution in [-0.4, -0.2) is 27.5 Å². The van der Waals surface area contributed by atoms with Gasteiger partial charge in [0.15, 0.2) is 0 Å². The van der Waals surface area contributed by atoms with Gasteiger partial charge in [-0.05, 0) is 24.3 Å². The zero-order valence-electron chi connectivity index (χ0n) is 16.1. The van der Waals surface area contributed by atoms with Gasteiger partial charge in [0.25, 0.3) is 0 Å². The van der Waals surface area contributed by atoms with Crippen LogP contribution in [0.25, 0.3) is 17.0 Å². The molecular weight excluding hydrogens is 412 g/mol. The standard InChI is InChI=1S/C22H16F4N4O/c23-17-5-6-18-20(9-17)31-8-7-29(18)12-14-10-27-21-28-11-19(30(21)13-14)15-1-3-16(4-2-15)22(24,25)26/h1-6,9-11,13H,7-8,12H2. The van der Waals surface area contributed by atoms with Crippen molar-refractivity contribution in [1.82, 2.24) is 14.4 Å². The Morgan fingerprint density at radius 2 is 1.77 bits per heavy atom. The molecule has 4 aromatic rings. The van der Waals surface area contributed by atoms with Crippen molar-refractivity contribution in [3.63, 3.8) is 0 Å². The first-order valence-electron chi connectivity index (χ1n) is 9.55. The van der Waals surface area contributed by atoms with Crippen molar-refractivity contribution in [3.05, 3.63) is 78.0 Å². The molecule has 0 unspecified atom stereocenters. The summed E-state index contributed by atoms with van der Waals surface area (Å²) in [6.07, 6.45) is 0.768. The number of benzene rings is 2. The van der Waals surface area contributed by atoms with Crippen LogP contribution in [-0.2, 0) is 12.7 Å². The van der Waals surface area contributed by atoms with Crippen molar-refractivity contribution in [2.24, 2.45) is 0 Å². The zero-order valence-corrected chi connectivity index (χ0v) is 16.1. The fourth-order valence-electron chi connectivity index (χ4n) is 3.67. The van der Waals surface area contributed by atoms with Gasteiger partial charge < -0.3 is 9.64 Å². The number of alkyl halides is 3. The number of hydrogen-bond donors (Lipinski definition) is 0. The molecule has 0 saturated carbocycles. The Bertz CT molecular complexity index is 1250. The third kappa shape index (κ3) is 3.67. The summed E-state index contributed by atoms with van der Waals surface area (Å²) in [4.78, 5) is 10.7. The Morgan fingerprint density at radius 3 is 2.55 bits per heavy atom. The van der Waals surface area contributed by atoms with Crippen LogP contribution >= 0.6 is 0 Å². The Labute approximate surface area is 174 Å². The fraction of sp³-hybridized carbons (Fsp3) is 0.182. The van der Waals surface area contributed by atoms with Gasteiger partial charge in [-0.25, -0.2) is 14.4 Å². The van der Waals surface area contributed by atoms with Crippen LogP contribution < -0.4 is 9.64 Å². The molecule has 2 aromatic carbocycles. The number of anilines is 1. The Morgan fingerprint density at radius 1 is 1.00 bits per heavy atom. The average Bonchev–Trinajstić information content (AvgIpc) is 3.16. The smallest absolute Gasteiger partial charge is 0.416 e. The molecule has 0 saturated heterocycles. The molecule has 5 rings (SSSR count). The van der Waals surface area contributed by atoms with Crippen LogP contribution in [0, 0.1) is 5.82 Å². The zero-order chi connectivity index (χ0) is 21.6. The van der Waals surface area contributed by atoms with Crippen LogP contribution in [0.2, 0.25) is 0 Å². The minimum absolute atomic E-state index is 0.358. The molecule has 1 aliphatic heterocycles. The van der Waals surface area contributed by atoms with Gasteiger partial charge >= 0.3 is 6.18 Å². The predicted molar refractivity (Wildman–Crippen MR) is 106 cm³/mol. The molecule has 158 valence electrons. The second-order valence-electron chi connectivity index (χ2n) is 7.23. The van der Waals surface area contributed by atoms with Gasteiger partial charge in [-0.1, -0.05) is 12.1 Å². The lowest BCUT2D eigenvalue weighted by Gasteiger charge is -2.31. The second-order valence-corrected chi connectivity index (χ2v) is 7.23. The van der Waals surface area contributed by atoms with Crippen molar-refractivity contribution in [1.29, 1.82) is 0 Å². The lowest BCUT2D eigenvalue weighted by atomic mass is 10.1. The highest BCUT2D eigenvalue weighted by Crippen LogP contribution is 2.34. The normalized spacial score (nSPS) is 13.9. The molecule has 1 aliphatic rings. The maximum Gasteiger partial charge on any atom is 0.416 e. The molecule has 5 nitrogen and oxygen atoms in total. The molecule has 0 radical (unpaired) electrons. The number of aromatic nitrogens is 3. The van der Waals surface area contributed by atoms with Crippen LogP contribution in [0.15, 0.2) is 61.1 Å². The van der Waals surface area contributed by atoms with Gasteiger partial charge in [0, 0.05) is 36.1 Å². The third-order valence-corrected chi connectivity index (χ3v) is 5.18. The molecule has 0 N–H and O–H groups in total. The van der Waals surface area contributed by atoms with Crippen LogP contribution in [0.4, 0.5) is 23.2 Å². The first kappa shape index (κ1) is 19.3. The van der Waals surface area contributed by atoms with E-state index in [9.17, 15) is 17.6 Å². The maximum atomic E-state index is 13.5. The minimum Gasteiger partial charge on any atom is -0.489 e. The van der Waals surface area contributed by atoms with E-state index >= 15 is 0 Å². The number of fused-ring (bicyclic) bond motifs is 2. The highest BCUT2D eigenvalue weighted by Gasteiger charge is 2.30. The van der Waals surface area contributed by atoms with Crippen molar-refractivity contribution >= 4 is 11.5 Å². The SMILES string of the molecule is Fc1ccc2c(c1)OCCN2Cc1cnc2ncc(-c3ccc(C(F)(F)F)cc3)n2c1.